The molecule has 0 spiro atoms. The van der Waals surface area contributed by atoms with Crippen molar-refractivity contribution in [3.8, 4) is 0 Å². The fourth-order valence-corrected chi connectivity index (χ4v) is 0. The van der Waals surface area contributed by atoms with Gasteiger partial charge >= 0.3 is 6.18 Å². The van der Waals surface area contributed by atoms with Crippen LogP contribution in [0.25, 0.3) is 0 Å². The molecule has 0 rings (SSSR count). The monoisotopic (exact) mass is 116 g/mol. The molecular weight excluding hydrogens is 112 g/mol. The lowest BCUT2D eigenvalue weighted by atomic mass is 10.4. The summed E-state index contributed by atoms with van der Waals surface area (Å²) in [7, 11) is 0. The Hall–Kier alpha value is -0.280. The number of alkyl halides is 4. The maximum atomic E-state index is 11.1. The first-order valence-electron chi connectivity index (χ1n) is 1.65. The summed E-state index contributed by atoms with van der Waals surface area (Å²) in [5, 5.41) is 0. The average Bonchev–Trinajstić information content (AvgIpc) is 1.31. The molecule has 0 aliphatic heterocycles. The molecule has 0 aromatic heterocycles. The van der Waals surface area contributed by atoms with Gasteiger partial charge in [-0.3, -0.25) is 0 Å². The van der Waals surface area contributed by atoms with Gasteiger partial charge in [-0.05, 0) is 6.92 Å². The summed E-state index contributed by atoms with van der Waals surface area (Å²) in [5.74, 6) is 0. The first kappa shape index (κ1) is 6.72. The maximum absolute atomic E-state index is 11.1. The highest BCUT2D eigenvalue weighted by Gasteiger charge is 2.35. The van der Waals surface area contributed by atoms with E-state index >= 15 is 0 Å². The largest absolute Gasteiger partial charge is 0.419 e. The minimum atomic E-state index is -4.67. The minimum Gasteiger partial charge on any atom is -0.238 e. The van der Waals surface area contributed by atoms with Gasteiger partial charge in [-0.2, -0.15) is 13.2 Å². The normalized spacial score (nSPS) is 16.7. The van der Waals surface area contributed by atoms with E-state index in [1.807, 2.05) is 0 Å². The quantitative estimate of drug-likeness (QED) is 0.424. The van der Waals surface area contributed by atoms with Gasteiger partial charge in [-0.15, -0.1) is 0 Å². The van der Waals surface area contributed by atoms with Crippen LogP contribution in [0.4, 0.5) is 17.6 Å². The summed E-state index contributed by atoms with van der Waals surface area (Å²) in [6.07, 6.45) is -7.37. The van der Waals surface area contributed by atoms with E-state index in [2.05, 4.69) is 0 Å². The molecule has 1 unspecified atom stereocenters. The molecule has 7 heavy (non-hydrogen) atoms. The van der Waals surface area contributed by atoms with Crippen molar-refractivity contribution < 1.29 is 17.6 Å². The molecule has 0 nitrogen and oxygen atoms in total. The molecule has 0 heterocycles. The molecule has 0 amide bonds. The van der Waals surface area contributed by atoms with E-state index in [4.69, 9.17) is 0 Å². The summed E-state index contributed by atoms with van der Waals surface area (Å²) >= 11 is 0. The van der Waals surface area contributed by atoms with Crippen LogP contribution >= 0.6 is 0 Å². The van der Waals surface area contributed by atoms with E-state index in [0.29, 0.717) is 6.92 Å². The van der Waals surface area contributed by atoms with Gasteiger partial charge in [0.25, 0.3) is 0 Å². The van der Waals surface area contributed by atoms with Crippen molar-refractivity contribution in [1.29, 1.82) is 0 Å². The molecule has 0 aliphatic rings. The summed E-state index contributed by atoms with van der Waals surface area (Å²) < 4.78 is 43.5. The number of rotatable bonds is 0. The third-order valence-corrected chi connectivity index (χ3v) is 0.451. The van der Waals surface area contributed by atoms with Crippen LogP contribution in [0.1, 0.15) is 6.92 Å². The van der Waals surface area contributed by atoms with Gasteiger partial charge in [0.1, 0.15) is 0 Å². The van der Waals surface area contributed by atoms with Crippen molar-refractivity contribution in [3.63, 3.8) is 0 Å². The van der Waals surface area contributed by atoms with Gasteiger partial charge in [-0.25, -0.2) is 4.39 Å². The standard InChI is InChI=1S/C3H4F4/c1-2(4)3(5,6)7/h2H,1H3. The second-order valence-electron chi connectivity index (χ2n) is 1.16. The van der Waals surface area contributed by atoms with Crippen molar-refractivity contribution in [2.24, 2.45) is 0 Å². The van der Waals surface area contributed by atoms with Gasteiger partial charge < -0.3 is 0 Å². The van der Waals surface area contributed by atoms with Crippen molar-refractivity contribution >= 4 is 0 Å². The molecular formula is C3H4F4. The van der Waals surface area contributed by atoms with Gasteiger partial charge in [0.05, 0.1) is 0 Å². The van der Waals surface area contributed by atoms with Crippen LogP contribution in [0.3, 0.4) is 0 Å². The third-order valence-electron chi connectivity index (χ3n) is 0.451. The molecule has 0 aliphatic carbocycles. The molecule has 0 radical (unpaired) electrons. The van der Waals surface area contributed by atoms with E-state index in [0.717, 1.165) is 0 Å². The van der Waals surface area contributed by atoms with Crippen molar-refractivity contribution in [1.82, 2.24) is 0 Å². The smallest absolute Gasteiger partial charge is 0.238 e. The fourth-order valence-electron chi connectivity index (χ4n) is 0. The van der Waals surface area contributed by atoms with E-state index < -0.39 is 12.3 Å². The Morgan fingerprint density at radius 3 is 1.43 bits per heavy atom. The molecule has 0 aromatic rings. The first-order chi connectivity index (χ1) is 2.94. The molecule has 4 heteroatoms. The molecule has 44 valence electrons. The zero-order chi connectivity index (χ0) is 6.08. The van der Waals surface area contributed by atoms with Crippen LogP contribution in [-0.2, 0) is 0 Å². The van der Waals surface area contributed by atoms with Gasteiger partial charge in [0.2, 0.25) is 0 Å². The molecule has 0 saturated heterocycles. The van der Waals surface area contributed by atoms with E-state index in [-0.39, 0.29) is 0 Å². The van der Waals surface area contributed by atoms with Gasteiger partial charge in [-0.1, -0.05) is 0 Å². The maximum Gasteiger partial charge on any atom is 0.419 e. The zero-order valence-electron chi connectivity index (χ0n) is 3.59. The van der Waals surface area contributed by atoms with Crippen LogP contribution in [0.5, 0.6) is 0 Å². The SMILES string of the molecule is CC(F)C(F)(F)F. The van der Waals surface area contributed by atoms with Crippen LogP contribution in [0.15, 0.2) is 0 Å². The predicted octanol–water partition coefficient (Wildman–Crippen LogP) is 1.91. The molecule has 0 bridgehead atoms. The van der Waals surface area contributed by atoms with Crippen molar-refractivity contribution in [3.05, 3.63) is 0 Å². The van der Waals surface area contributed by atoms with Crippen molar-refractivity contribution in [2.45, 2.75) is 19.3 Å². The van der Waals surface area contributed by atoms with Crippen LogP contribution < -0.4 is 0 Å². The third kappa shape index (κ3) is 2.42. The van der Waals surface area contributed by atoms with E-state index in [9.17, 15) is 17.6 Å². The molecule has 0 N–H and O–H groups in total. The second kappa shape index (κ2) is 1.68. The summed E-state index contributed by atoms with van der Waals surface area (Å²) in [5.41, 5.74) is 0. The lowest BCUT2D eigenvalue weighted by Gasteiger charge is -2.04. The van der Waals surface area contributed by atoms with Crippen molar-refractivity contribution in [2.75, 3.05) is 0 Å². The highest BCUT2D eigenvalue weighted by Crippen LogP contribution is 2.21. The highest BCUT2D eigenvalue weighted by atomic mass is 19.4. The Morgan fingerprint density at radius 1 is 1.29 bits per heavy atom. The average molecular weight is 116 g/mol. The number of hydrogen-bond donors (Lipinski definition) is 0. The van der Waals surface area contributed by atoms with Crippen LogP contribution in [-0.4, -0.2) is 12.3 Å². The summed E-state index contributed by atoms with van der Waals surface area (Å²) in [6, 6.07) is 0. The van der Waals surface area contributed by atoms with Crippen LogP contribution in [0.2, 0.25) is 0 Å². The molecule has 0 saturated carbocycles. The highest BCUT2D eigenvalue weighted by molar-refractivity contribution is 4.56. The van der Waals surface area contributed by atoms with Gasteiger partial charge in [0.15, 0.2) is 6.17 Å². The fraction of sp³-hybridized carbons (Fsp3) is 1.00. The summed E-state index contributed by atoms with van der Waals surface area (Å²) in [4.78, 5) is 0. The molecule has 0 fully saturated rings. The Morgan fingerprint density at radius 2 is 1.43 bits per heavy atom. The number of hydrogen-bond acceptors (Lipinski definition) is 0. The lowest BCUT2D eigenvalue weighted by molar-refractivity contribution is -0.174. The Kier molecular flexibility index (Phi) is 1.61. The number of halogens is 4. The first-order valence-corrected chi connectivity index (χ1v) is 1.65. The second-order valence-corrected chi connectivity index (χ2v) is 1.16. The minimum absolute atomic E-state index is 0.458. The van der Waals surface area contributed by atoms with E-state index in [1.165, 1.54) is 0 Å². The lowest BCUT2D eigenvalue weighted by Crippen LogP contribution is -2.20. The Balaban J connectivity index is 3.54. The topological polar surface area (TPSA) is 0 Å². The zero-order valence-corrected chi connectivity index (χ0v) is 3.59. The Bertz CT molecular complexity index is 52.4. The van der Waals surface area contributed by atoms with Crippen LogP contribution in [0, 0.1) is 0 Å². The summed E-state index contributed by atoms with van der Waals surface area (Å²) in [6.45, 7) is 0.458. The predicted molar refractivity (Wildman–Crippen MR) is 16.6 cm³/mol. The van der Waals surface area contributed by atoms with Gasteiger partial charge in [0, 0.05) is 0 Å². The molecule has 0 aromatic carbocycles. The molecule has 1 atom stereocenters. The van der Waals surface area contributed by atoms with E-state index in [1.54, 1.807) is 0 Å². The Labute approximate surface area is 38.1 Å².